The number of aryl methyl sites for hydroxylation is 2. The van der Waals surface area contributed by atoms with Gasteiger partial charge >= 0.3 is 0 Å². The number of oxazole rings is 1. The summed E-state index contributed by atoms with van der Waals surface area (Å²) >= 11 is 0. The molecule has 8 heteroatoms. The second-order valence-electron chi connectivity index (χ2n) is 10.1. The third-order valence-electron chi connectivity index (χ3n) is 7.58. The van der Waals surface area contributed by atoms with Gasteiger partial charge < -0.3 is 23.7 Å². The molecular formula is C30H35N3O5. The lowest BCUT2D eigenvalue weighted by Gasteiger charge is -2.30. The molecule has 0 fully saturated rings. The van der Waals surface area contributed by atoms with Crippen molar-refractivity contribution in [2.24, 2.45) is 0 Å². The van der Waals surface area contributed by atoms with Gasteiger partial charge in [0.2, 0.25) is 11.7 Å². The van der Waals surface area contributed by atoms with Crippen LogP contribution < -0.4 is 14.4 Å². The molecule has 0 saturated carbocycles. The Morgan fingerprint density at radius 1 is 1.08 bits per heavy atom. The number of fused-ring (bicyclic) bond motifs is 5. The molecule has 2 amide bonds. The number of aromatic nitrogens is 1. The van der Waals surface area contributed by atoms with Crippen molar-refractivity contribution in [1.29, 1.82) is 0 Å². The van der Waals surface area contributed by atoms with Crippen LogP contribution in [0.3, 0.4) is 0 Å². The minimum atomic E-state index is -0.144. The van der Waals surface area contributed by atoms with E-state index in [1.807, 2.05) is 46.2 Å². The quantitative estimate of drug-likeness (QED) is 0.472. The maximum atomic E-state index is 13.6. The van der Waals surface area contributed by atoms with Crippen molar-refractivity contribution in [1.82, 2.24) is 9.88 Å². The fraction of sp³-hybridized carbons (Fsp3) is 0.433. The van der Waals surface area contributed by atoms with Gasteiger partial charge in [-0.05, 0) is 61.9 Å². The molecule has 38 heavy (non-hydrogen) atoms. The molecule has 2 bridgehead atoms. The second kappa shape index (κ2) is 10.9. The van der Waals surface area contributed by atoms with Crippen molar-refractivity contribution < 1.29 is 23.5 Å². The van der Waals surface area contributed by atoms with Crippen molar-refractivity contribution >= 4 is 17.5 Å². The van der Waals surface area contributed by atoms with Gasteiger partial charge in [-0.2, -0.15) is 0 Å². The molecule has 3 heterocycles. The summed E-state index contributed by atoms with van der Waals surface area (Å²) in [5, 5.41) is 0. The van der Waals surface area contributed by atoms with Gasteiger partial charge in [0, 0.05) is 44.6 Å². The molecule has 8 nitrogen and oxygen atoms in total. The van der Waals surface area contributed by atoms with Gasteiger partial charge in [0.25, 0.3) is 5.91 Å². The van der Waals surface area contributed by atoms with Gasteiger partial charge in [0.05, 0.1) is 19.4 Å². The number of para-hydroxylation sites is 1. The lowest BCUT2D eigenvalue weighted by Crippen LogP contribution is -2.41. The van der Waals surface area contributed by atoms with E-state index in [1.165, 1.54) is 0 Å². The number of hydrogen-bond donors (Lipinski definition) is 0. The van der Waals surface area contributed by atoms with Crippen molar-refractivity contribution in [2.75, 3.05) is 31.7 Å². The molecule has 0 radical (unpaired) electrons. The zero-order chi connectivity index (χ0) is 26.8. The van der Waals surface area contributed by atoms with E-state index >= 15 is 0 Å². The maximum Gasteiger partial charge on any atom is 0.291 e. The van der Waals surface area contributed by atoms with Crippen molar-refractivity contribution in [3.05, 3.63) is 70.9 Å². The molecule has 2 aliphatic rings. The van der Waals surface area contributed by atoms with Crippen LogP contribution in [-0.4, -0.2) is 54.5 Å². The molecule has 5 rings (SSSR count). The number of nitrogens with zero attached hydrogens (tertiary/aromatic N) is 3. The van der Waals surface area contributed by atoms with E-state index in [1.54, 1.807) is 27.9 Å². The Morgan fingerprint density at radius 2 is 1.89 bits per heavy atom. The van der Waals surface area contributed by atoms with E-state index < -0.39 is 0 Å². The minimum Gasteiger partial charge on any atom is -0.493 e. The van der Waals surface area contributed by atoms with E-state index in [0.29, 0.717) is 55.0 Å². The van der Waals surface area contributed by atoms with Crippen LogP contribution in [0.4, 0.5) is 5.69 Å². The molecule has 0 saturated heterocycles. The fourth-order valence-corrected chi connectivity index (χ4v) is 5.84. The van der Waals surface area contributed by atoms with Gasteiger partial charge in [-0.1, -0.05) is 24.3 Å². The minimum absolute atomic E-state index is 0.0109. The Labute approximate surface area is 223 Å². The van der Waals surface area contributed by atoms with Gasteiger partial charge in [-0.25, -0.2) is 4.98 Å². The van der Waals surface area contributed by atoms with E-state index in [2.05, 4.69) is 11.1 Å². The predicted octanol–water partition coefficient (Wildman–Crippen LogP) is 5.07. The number of hydrogen-bond acceptors (Lipinski definition) is 6. The van der Waals surface area contributed by atoms with Crippen LogP contribution >= 0.6 is 0 Å². The third-order valence-corrected chi connectivity index (χ3v) is 7.58. The average molecular weight is 518 g/mol. The van der Waals surface area contributed by atoms with Crippen LogP contribution in [0, 0.1) is 13.8 Å². The number of amides is 2. The molecule has 0 aliphatic carbocycles. The van der Waals surface area contributed by atoms with Gasteiger partial charge in [-0.15, -0.1) is 0 Å². The molecule has 200 valence electrons. The Bertz CT molecular complexity index is 1330. The zero-order valence-electron chi connectivity index (χ0n) is 22.5. The van der Waals surface area contributed by atoms with Gasteiger partial charge in [0.1, 0.15) is 0 Å². The summed E-state index contributed by atoms with van der Waals surface area (Å²) in [4.78, 5) is 34.6. The first-order chi connectivity index (χ1) is 18.4. The van der Waals surface area contributed by atoms with Crippen LogP contribution in [0.25, 0.3) is 0 Å². The Morgan fingerprint density at radius 3 is 2.63 bits per heavy atom. The van der Waals surface area contributed by atoms with Crippen LogP contribution in [0.5, 0.6) is 11.5 Å². The number of methoxy groups -OCH3 is 1. The highest BCUT2D eigenvalue weighted by molar-refractivity contribution is 5.95. The number of rotatable bonds is 2. The van der Waals surface area contributed by atoms with E-state index in [0.717, 1.165) is 36.1 Å². The number of ether oxygens (including phenoxy) is 2. The van der Waals surface area contributed by atoms with Crippen molar-refractivity contribution in [3.63, 3.8) is 0 Å². The SMILES string of the molecule is COc1ccc2cc1OCCCCN(C(=O)c1oc(C)nc1C)CC[C@@H]1c3ccccc3N(C(C)=O)[C@@H]1C2. The topological polar surface area (TPSA) is 85.1 Å². The van der Waals surface area contributed by atoms with Crippen molar-refractivity contribution in [3.8, 4) is 11.5 Å². The summed E-state index contributed by atoms with van der Waals surface area (Å²) < 4.78 is 17.4. The standard InChI is InChI=1S/C30H35N3O5/c1-19-29(38-20(2)31-19)30(35)32-14-7-8-16-37-28-18-22(11-12-27(28)36-4)17-26-24(13-15-32)23-9-5-6-10-25(23)33(26)21(3)34/h5-6,9-12,18,24,26H,7-8,13-17H2,1-4H3/t24-,26-/m1/s1. The lowest BCUT2D eigenvalue weighted by molar-refractivity contribution is -0.117. The monoisotopic (exact) mass is 517 g/mol. The Hall–Kier alpha value is -3.81. The summed E-state index contributed by atoms with van der Waals surface area (Å²) in [5.74, 6) is 2.10. The molecule has 2 aromatic carbocycles. The van der Waals surface area contributed by atoms with Crippen LogP contribution in [-0.2, 0) is 11.2 Å². The first-order valence-corrected chi connectivity index (χ1v) is 13.3. The van der Waals surface area contributed by atoms with Gasteiger partial charge in [-0.3, -0.25) is 9.59 Å². The zero-order valence-corrected chi connectivity index (χ0v) is 22.5. The lowest BCUT2D eigenvalue weighted by atomic mass is 9.87. The maximum absolute atomic E-state index is 13.6. The highest BCUT2D eigenvalue weighted by Gasteiger charge is 2.40. The summed E-state index contributed by atoms with van der Waals surface area (Å²) in [7, 11) is 1.64. The number of benzene rings is 2. The molecule has 1 aromatic heterocycles. The Kier molecular flexibility index (Phi) is 7.40. The highest BCUT2D eigenvalue weighted by atomic mass is 16.5. The molecule has 2 atom stereocenters. The largest absolute Gasteiger partial charge is 0.493 e. The Balaban J connectivity index is 1.52. The molecule has 2 aliphatic heterocycles. The molecule has 3 aromatic rings. The molecule has 0 spiro atoms. The smallest absolute Gasteiger partial charge is 0.291 e. The number of carbonyl (C=O) groups excluding carboxylic acids is 2. The predicted molar refractivity (Wildman–Crippen MR) is 144 cm³/mol. The second-order valence-corrected chi connectivity index (χ2v) is 10.1. The first kappa shape index (κ1) is 25.8. The summed E-state index contributed by atoms with van der Waals surface area (Å²) in [6.07, 6.45) is 2.96. The van der Waals surface area contributed by atoms with Crippen LogP contribution in [0.2, 0.25) is 0 Å². The third kappa shape index (κ3) is 4.99. The van der Waals surface area contributed by atoms with Crippen molar-refractivity contribution in [2.45, 2.75) is 58.4 Å². The average Bonchev–Trinajstić information content (AvgIpc) is 3.40. The van der Waals surface area contributed by atoms with E-state index in [9.17, 15) is 9.59 Å². The molecular weight excluding hydrogens is 482 g/mol. The van der Waals surface area contributed by atoms with Crippen LogP contribution in [0.1, 0.15) is 65.4 Å². The van der Waals surface area contributed by atoms with Gasteiger partial charge in [0.15, 0.2) is 17.4 Å². The highest BCUT2D eigenvalue weighted by Crippen LogP contribution is 2.44. The number of carbonyl (C=O) groups is 2. The number of anilines is 1. The molecule has 0 N–H and O–H groups in total. The summed E-state index contributed by atoms with van der Waals surface area (Å²) in [6, 6.07) is 14.1. The summed E-state index contributed by atoms with van der Waals surface area (Å²) in [6.45, 7) is 6.82. The normalized spacial score (nSPS) is 19.7. The first-order valence-electron chi connectivity index (χ1n) is 13.3. The molecule has 0 unspecified atom stereocenters. The van der Waals surface area contributed by atoms with E-state index in [-0.39, 0.29) is 23.8 Å². The summed E-state index contributed by atoms with van der Waals surface area (Å²) in [5.41, 5.74) is 3.77. The van der Waals surface area contributed by atoms with Crippen LogP contribution in [0.15, 0.2) is 46.9 Å². The van der Waals surface area contributed by atoms with E-state index in [4.69, 9.17) is 13.9 Å². The fourth-order valence-electron chi connectivity index (χ4n) is 5.84.